The van der Waals surface area contributed by atoms with Crippen molar-refractivity contribution in [2.75, 3.05) is 20.2 Å². The maximum atomic E-state index is 12.5. The molecule has 1 fully saturated rings. The molecule has 0 aromatic carbocycles. The zero-order valence-electron chi connectivity index (χ0n) is 14.2. The number of furan rings is 1. The van der Waals surface area contributed by atoms with Gasteiger partial charge in [0, 0.05) is 25.8 Å². The highest BCUT2D eigenvalue weighted by Gasteiger charge is 2.29. The Bertz CT molecular complexity index is 686. The van der Waals surface area contributed by atoms with Crippen molar-refractivity contribution in [3.63, 3.8) is 0 Å². The molecule has 1 saturated heterocycles. The molecule has 0 N–H and O–H groups in total. The van der Waals surface area contributed by atoms with Crippen LogP contribution in [0.3, 0.4) is 0 Å². The van der Waals surface area contributed by atoms with Crippen LogP contribution in [0.1, 0.15) is 39.8 Å². The van der Waals surface area contributed by atoms with E-state index in [-0.39, 0.29) is 12.0 Å². The molecule has 2 aromatic heterocycles. The van der Waals surface area contributed by atoms with Crippen LogP contribution in [0.4, 0.5) is 0 Å². The van der Waals surface area contributed by atoms with E-state index < -0.39 is 0 Å². The van der Waals surface area contributed by atoms with Crippen molar-refractivity contribution in [1.82, 2.24) is 10.1 Å². The minimum Gasteiger partial charge on any atom is -0.453 e. The van der Waals surface area contributed by atoms with Crippen molar-refractivity contribution >= 4 is 5.91 Å². The summed E-state index contributed by atoms with van der Waals surface area (Å²) in [6.07, 6.45) is 0.817. The average Bonchev–Trinajstić information content (AvgIpc) is 3.28. The predicted molar refractivity (Wildman–Crippen MR) is 84.5 cm³/mol. The van der Waals surface area contributed by atoms with Gasteiger partial charge in [0.2, 0.25) is 0 Å². The monoisotopic (exact) mass is 334 g/mol. The Morgan fingerprint density at radius 1 is 1.38 bits per heavy atom. The van der Waals surface area contributed by atoms with Crippen molar-refractivity contribution < 1.29 is 23.2 Å². The molecule has 2 aromatic rings. The number of hydrogen-bond acceptors (Lipinski definition) is 6. The van der Waals surface area contributed by atoms with E-state index in [1.54, 1.807) is 24.1 Å². The fraction of sp³-hybridized carbons (Fsp3) is 0.529. The molecular weight excluding hydrogens is 312 g/mol. The number of likely N-dealkylation sites (tertiary alicyclic amines) is 1. The van der Waals surface area contributed by atoms with Gasteiger partial charge in [0.25, 0.3) is 5.91 Å². The molecular formula is C17H22N2O5. The Morgan fingerprint density at radius 2 is 2.21 bits per heavy atom. The molecule has 0 saturated carbocycles. The molecule has 1 aliphatic heterocycles. The largest absolute Gasteiger partial charge is 0.453 e. The number of carbonyl (C=O) groups excluding carboxylic acids is 1. The molecule has 0 aliphatic carbocycles. The van der Waals surface area contributed by atoms with Gasteiger partial charge in [-0.3, -0.25) is 4.79 Å². The summed E-state index contributed by atoms with van der Waals surface area (Å²) in [6.45, 7) is 5.79. The minimum absolute atomic E-state index is 0.0102. The van der Waals surface area contributed by atoms with Crippen LogP contribution in [0.25, 0.3) is 0 Å². The first-order valence-electron chi connectivity index (χ1n) is 7.98. The van der Waals surface area contributed by atoms with Gasteiger partial charge < -0.3 is 23.3 Å². The van der Waals surface area contributed by atoms with Crippen molar-refractivity contribution in [3.8, 4) is 0 Å². The fourth-order valence-corrected chi connectivity index (χ4v) is 2.83. The second-order valence-electron chi connectivity index (χ2n) is 5.97. The summed E-state index contributed by atoms with van der Waals surface area (Å²) in [6, 6.07) is 3.45. The third-order valence-corrected chi connectivity index (χ3v) is 4.24. The molecule has 1 unspecified atom stereocenters. The third-order valence-electron chi connectivity index (χ3n) is 4.24. The lowest BCUT2D eigenvalue weighted by Crippen LogP contribution is -2.29. The number of aryl methyl sites for hydroxylation is 2. The highest BCUT2D eigenvalue weighted by molar-refractivity contribution is 5.91. The number of aromatic nitrogens is 1. The van der Waals surface area contributed by atoms with E-state index in [0.717, 1.165) is 23.4 Å². The number of methoxy groups -OCH3 is 1. The lowest BCUT2D eigenvalue weighted by molar-refractivity contribution is 0.0422. The van der Waals surface area contributed by atoms with Gasteiger partial charge in [-0.15, -0.1) is 0 Å². The Labute approximate surface area is 140 Å². The first-order chi connectivity index (χ1) is 11.6. The Morgan fingerprint density at radius 3 is 2.92 bits per heavy atom. The number of rotatable bonds is 6. The van der Waals surface area contributed by atoms with Crippen LogP contribution in [0.15, 0.2) is 21.1 Å². The second kappa shape index (κ2) is 7.19. The molecule has 24 heavy (non-hydrogen) atoms. The quantitative estimate of drug-likeness (QED) is 0.807. The molecule has 0 spiro atoms. The van der Waals surface area contributed by atoms with E-state index in [1.165, 1.54) is 0 Å². The summed E-state index contributed by atoms with van der Waals surface area (Å²) in [5.74, 6) is 1.65. The summed E-state index contributed by atoms with van der Waals surface area (Å²) in [4.78, 5) is 14.2. The fourth-order valence-electron chi connectivity index (χ4n) is 2.83. The highest BCUT2D eigenvalue weighted by Crippen LogP contribution is 2.20. The van der Waals surface area contributed by atoms with Gasteiger partial charge in [-0.25, -0.2) is 0 Å². The highest BCUT2D eigenvalue weighted by atomic mass is 16.5. The van der Waals surface area contributed by atoms with Crippen molar-refractivity contribution in [3.05, 3.63) is 40.7 Å². The Kier molecular flexibility index (Phi) is 5.01. The zero-order valence-corrected chi connectivity index (χ0v) is 14.2. The van der Waals surface area contributed by atoms with Crippen LogP contribution in [0.5, 0.6) is 0 Å². The minimum atomic E-state index is -0.110. The maximum absolute atomic E-state index is 12.5. The van der Waals surface area contributed by atoms with Crippen molar-refractivity contribution in [1.29, 1.82) is 0 Å². The molecule has 3 heterocycles. The Hall–Kier alpha value is -2.12. The van der Waals surface area contributed by atoms with E-state index in [0.29, 0.717) is 37.8 Å². The molecule has 1 atom stereocenters. The van der Waals surface area contributed by atoms with Crippen LogP contribution in [-0.2, 0) is 22.7 Å². The summed E-state index contributed by atoms with van der Waals surface area (Å²) in [5.41, 5.74) is 1.83. The van der Waals surface area contributed by atoms with Gasteiger partial charge in [-0.05, 0) is 32.4 Å². The standard InChI is InChI=1S/C17H22N2O5/c1-11-15(12(2)24-18-11)10-22-13-6-7-19(8-13)17(20)16-5-4-14(23-16)9-21-3/h4-5,13H,6-10H2,1-3H3. The number of amides is 1. The molecule has 1 amide bonds. The van der Waals surface area contributed by atoms with E-state index >= 15 is 0 Å². The van der Waals surface area contributed by atoms with Gasteiger partial charge in [-0.2, -0.15) is 0 Å². The van der Waals surface area contributed by atoms with E-state index in [4.69, 9.17) is 18.4 Å². The summed E-state index contributed by atoms with van der Waals surface area (Å²) in [5, 5.41) is 3.92. The van der Waals surface area contributed by atoms with E-state index in [1.807, 2.05) is 13.8 Å². The number of ether oxygens (including phenoxy) is 2. The van der Waals surface area contributed by atoms with Crippen molar-refractivity contribution in [2.24, 2.45) is 0 Å². The molecule has 7 nitrogen and oxygen atoms in total. The van der Waals surface area contributed by atoms with E-state index in [9.17, 15) is 4.79 Å². The topological polar surface area (TPSA) is 77.9 Å². The lowest BCUT2D eigenvalue weighted by atomic mass is 10.2. The Balaban J connectivity index is 1.53. The summed E-state index contributed by atoms with van der Waals surface area (Å²) < 4.78 is 21.6. The van der Waals surface area contributed by atoms with Crippen LogP contribution in [0, 0.1) is 13.8 Å². The molecule has 130 valence electrons. The van der Waals surface area contributed by atoms with Crippen LogP contribution >= 0.6 is 0 Å². The van der Waals surface area contributed by atoms with Crippen LogP contribution in [-0.4, -0.2) is 42.3 Å². The normalized spacial score (nSPS) is 17.6. The third kappa shape index (κ3) is 3.52. The summed E-state index contributed by atoms with van der Waals surface area (Å²) >= 11 is 0. The van der Waals surface area contributed by atoms with Gasteiger partial charge >= 0.3 is 0 Å². The molecule has 7 heteroatoms. The number of hydrogen-bond donors (Lipinski definition) is 0. The molecule has 1 aliphatic rings. The maximum Gasteiger partial charge on any atom is 0.289 e. The first kappa shape index (κ1) is 16.7. The lowest BCUT2D eigenvalue weighted by Gasteiger charge is -2.15. The molecule has 0 bridgehead atoms. The smallest absolute Gasteiger partial charge is 0.289 e. The predicted octanol–water partition coefficient (Wildman–Crippen LogP) is 2.46. The first-order valence-corrected chi connectivity index (χ1v) is 7.98. The number of nitrogens with zero attached hydrogens (tertiary/aromatic N) is 2. The second-order valence-corrected chi connectivity index (χ2v) is 5.97. The zero-order chi connectivity index (χ0) is 17.1. The summed E-state index contributed by atoms with van der Waals surface area (Å²) in [7, 11) is 1.59. The van der Waals surface area contributed by atoms with Gasteiger partial charge in [0.05, 0.1) is 18.4 Å². The SMILES string of the molecule is COCc1ccc(C(=O)N2CCC(OCc3c(C)noc3C)C2)o1. The van der Waals surface area contributed by atoms with Crippen molar-refractivity contribution in [2.45, 2.75) is 39.6 Å². The van der Waals surface area contributed by atoms with Gasteiger partial charge in [0.15, 0.2) is 5.76 Å². The number of carbonyl (C=O) groups is 1. The van der Waals surface area contributed by atoms with Crippen LogP contribution in [0.2, 0.25) is 0 Å². The average molecular weight is 334 g/mol. The van der Waals surface area contributed by atoms with E-state index in [2.05, 4.69) is 5.16 Å². The molecule has 0 radical (unpaired) electrons. The van der Waals surface area contributed by atoms with Gasteiger partial charge in [0.1, 0.15) is 18.1 Å². The van der Waals surface area contributed by atoms with Gasteiger partial charge in [-0.1, -0.05) is 5.16 Å². The molecule has 3 rings (SSSR count). The van der Waals surface area contributed by atoms with Crippen LogP contribution < -0.4 is 0 Å².